The molecule has 0 saturated carbocycles. The van der Waals surface area contributed by atoms with Crippen LogP contribution < -0.4 is 5.32 Å². The number of fused-ring (bicyclic) bond motifs is 1. The molecule has 2 heterocycles. The summed E-state index contributed by atoms with van der Waals surface area (Å²) in [6.07, 6.45) is 0. The first-order valence-electron chi connectivity index (χ1n) is 5.58. The quantitative estimate of drug-likeness (QED) is 0.753. The Morgan fingerprint density at radius 1 is 1.33 bits per heavy atom. The minimum atomic E-state index is -0.219. The lowest BCUT2D eigenvalue weighted by Crippen LogP contribution is -2.03. The minimum absolute atomic E-state index is 0.218. The Bertz CT molecular complexity index is 661. The normalized spacial score (nSPS) is 12.8. The Kier molecular flexibility index (Phi) is 3.01. The van der Waals surface area contributed by atoms with Gasteiger partial charge in [0.1, 0.15) is 5.82 Å². The van der Waals surface area contributed by atoms with Crippen molar-refractivity contribution in [3.05, 3.63) is 46.4 Å². The lowest BCUT2D eigenvalue weighted by atomic mass is 10.3. The predicted molar refractivity (Wildman–Crippen MR) is 75.9 cm³/mol. The zero-order chi connectivity index (χ0) is 12.5. The SMILES string of the molecule is CC(Nc1nc2ccc(F)cc2s1)c1cccs1. The summed E-state index contributed by atoms with van der Waals surface area (Å²) in [5, 5.41) is 6.24. The Morgan fingerprint density at radius 2 is 2.22 bits per heavy atom. The Labute approximate surface area is 112 Å². The van der Waals surface area contributed by atoms with E-state index in [1.54, 1.807) is 17.4 Å². The van der Waals surface area contributed by atoms with Gasteiger partial charge in [0.15, 0.2) is 5.13 Å². The standard InChI is InChI=1S/C13H11FN2S2/c1-8(11-3-2-6-17-11)15-13-16-10-5-4-9(14)7-12(10)18-13/h2-8H,1H3,(H,15,16). The molecule has 3 aromatic rings. The zero-order valence-corrected chi connectivity index (χ0v) is 11.3. The van der Waals surface area contributed by atoms with Gasteiger partial charge in [-0.2, -0.15) is 0 Å². The molecule has 1 unspecified atom stereocenters. The van der Waals surface area contributed by atoms with Crippen molar-refractivity contribution in [1.82, 2.24) is 4.98 Å². The average molecular weight is 278 g/mol. The topological polar surface area (TPSA) is 24.9 Å². The van der Waals surface area contributed by atoms with Crippen LogP contribution in [0.2, 0.25) is 0 Å². The molecule has 3 rings (SSSR count). The Morgan fingerprint density at radius 3 is 3.00 bits per heavy atom. The molecule has 2 aromatic heterocycles. The number of halogens is 1. The molecule has 2 nitrogen and oxygen atoms in total. The van der Waals surface area contributed by atoms with Crippen LogP contribution >= 0.6 is 22.7 Å². The third kappa shape index (κ3) is 2.23. The fraction of sp³-hybridized carbons (Fsp3) is 0.154. The lowest BCUT2D eigenvalue weighted by molar-refractivity contribution is 0.630. The highest BCUT2D eigenvalue weighted by Crippen LogP contribution is 2.30. The van der Waals surface area contributed by atoms with Crippen LogP contribution in [0, 0.1) is 5.82 Å². The van der Waals surface area contributed by atoms with Crippen LogP contribution in [-0.2, 0) is 0 Å². The maximum atomic E-state index is 13.1. The van der Waals surface area contributed by atoms with Crippen LogP contribution in [0.1, 0.15) is 17.8 Å². The first-order valence-corrected chi connectivity index (χ1v) is 7.28. The molecule has 0 saturated heterocycles. The van der Waals surface area contributed by atoms with Gasteiger partial charge in [-0.1, -0.05) is 17.4 Å². The third-order valence-electron chi connectivity index (χ3n) is 2.66. The fourth-order valence-corrected chi connectivity index (χ4v) is 3.47. The zero-order valence-electron chi connectivity index (χ0n) is 9.68. The number of hydrogen-bond donors (Lipinski definition) is 1. The summed E-state index contributed by atoms with van der Waals surface area (Å²) in [5.41, 5.74) is 0.835. The molecule has 0 aliphatic heterocycles. The van der Waals surface area contributed by atoms with E-state index in [-0.39, 0.29) is 11.9 Å². The molecule has 5 heteroatoms. The number of hydrogen-bond acceptors (Lipinski definition) is 4. The van der Waals surface area contributed by atoms with Gasteiger partial charge in [-0.15, -0.1) is 11.3 Å². The van der Waals surface area contributed by atoms with Crippen LogP contribution in [0.5, 0.6) is 0 Å². The highest BCUT2D eigenvalue weighted by Gasteiger charge is 2.10. The molecule has 1 N–H and O–H groups in total. The monoisotopic (exact) mass is 278 g/mol. The second kappa shape index (κ2) is 4.66. The van der Waals surface area contributed by atoms with Gasteiger partial charge in [0.05, 0.1) is 16.3 Å². The van der Waals surface area contributed by atoms with Crippen molar-refractivity contribution in [3.8, 4) is 0 Å². The van der Waals surface area contributed by atoms with Crippen molar-refractivity contribution in [2.45, 2.75) is 13.0 Å². The van der Waals surface area contributed by atoms with Crippen LogP contribution in [0.15, 0.2) is 35.7 Å². The number of anilines is 1. The summed E-state index contributed by atoms with van der Waals surface area (Å²) in [6, 6.07) is 9.02. The van der Waals surface area contributed by atoms with E-state index in [2.05, 4.69) is 28.7 Å². The van der Waals surface area contributed by atoms with E-state index in [9.17, 15) is 4.39 Å². The number of aromatic nitrogens is 1. The molecule has 0 aliphatic carbocycles. The van der Waals surface area contributed by atoms with Crippen LogP contribution in [-0.4, -0.2) is 4.98 Å². The van der Waals surface area contributed by atoms with Gasteiger partial charge in [0.2, 0.25) is 0 Å². The fourth-order valence-electron chi connectivity index (χ4n) is 1.75. The molecular formula is C13H11FN2S2. The Hall–Kier alpha value is -1.46. The summed E-state index contributed by atoms with van der Waals surface area (Å²) < 4.78 is 14.0. The number of thiophene rings is 1. The molecule has 0 spiro atoms. The summed E-state index contributed by atoms with van der Waals surface area (Å²) in [4.78, 5) is 5.71. The van der Waals surface area contributed by atoms with Crippen molar-refractivity contribution in [2.75, 3.05) is 5.32 Å². The predicted octanol–water partition coefficient (Wildman–Crippen LogP) is 4.67. The van der Waals surface area contributed by atoms with Crippen LogP contribution in [0.25, 0.3) is 10.2 Å². The third-order valence-corrected chi connectivity index (χ3v) is 4.66. The maximum absolute atomic E-state index is 13.1. The highest BCUT2D eigenvalue weighted by molar-refractivity contribution is 7.22. The first kappa shape index (κ1) is 11.6. The van der Waals surface area contributed by atoms with E-state index in [1.165, 1.54) is 28.3 Å². The summed E-state index contributed by atoms with van der Waals surface area (Å²) in [6.45, 7) is 2.10. The molecule has 0 radical (unpaired) electrons. The second-order valence-electron chi connectivity index (χ2n) is 4.01. The smallest absolute Gasteiger partial charge is 0.184 e. The summed E-state index contributed by atoms with van der Waals surface area (Å²) in [5.74, 6) is -0.219. The molecule has 0 fully saturated rings. The number of nitrogens with one attached hydrogen (secondary N) is 1. The molecule has 1 atom stereocenters. The molecule has 0 amide bonds. The van der Waals surface area contributed by atoms with Gasteiger partial charge in [0, 0.05) is 4.88 Å². The largest absolute Gasteiger partial charge is 0.354 e. The number of benzene rings is 1. The molecule has 0 bridgehead atoms. The van der Waals surface area contributed by atoms with Gasteiger partial charge in [-0.25, -0.2) is 9.37 Å². The lowest BCUT2D eigenvalue weighted by Gasteiger charge is -2.09. The van der Waals surface area contributed by atoms with Crippen molar-refractivity contribution < 1.29 is 4.39 Å². The summed E-state index contributed by atoms with van der Waals surface area (Å²) in [7, 11) is 0. The van der Waals surface area contributed by atoms with E-state index in [4.69, 9.17) is 0 Å². The Balaban J connectivity index is 1.86. The summed E-state index contributed by atoms with van der Waals surface area (Å²) >= 11 is 3.19. The average Bonchev–Trinajstić information content (AvgIpc) is 2.95. The molecular weight excluding hydrogens is 267 g/mol. The van der Waals surface area contributed by atoms with Gasteiger partial charge < -0.3 is 5.32 Å². The van der Waals surface area contributed by atoms with E-state index >= 15 is 0 Å². The highest BCUT2D eigenvalue weighted by atomic mass is 32.1. The van der Waals surface area contributed by atoms with Gasteiger partial charge >= 0.3 is 0 Å². The first-order chi connectivity index (χ1) is 8.72. The molecule has 1 aromatic carbocycles. The van der Waals surface area contributed by atoms with Gasteiger partial charge in [-0.3, -0.25) is 0 Å². The molecule has 18 heavy (non-hydrogen) atoms. The van der Waals surface area contributed by atoms with E-state index in [0.29, 0.717) is 0 Å². The van der Waals surface area contributed by atoms with Crippen molar-refractivity contribution in [2.24, 2.45) is 0 Å². The van der Waals surface area contributed by atoms with Crippen molar-refractivity contribution in [1.29, 1.82) is 0 Å². The number of rotatable bonds is 3. The van der Waals surface area contributed by atoms with Gasteiger partial charge in [-0.05, 0) is 36.6 Å². The molecule has 92 valence electrons. The molecule has 0 aliphatic rings. The number of nitrogens with zero attached hydrogens (tertiary/aromatic N) is 1. The van der Waals surface area contributed by atoms with Crippen molar-refractivity contribution >= 4 is 38.0 Å². The van der Waals surface area contributed by atoms with Gasteiger partial charge in [0.25, 0.3) is 0 Å². The van der Waals surface area contributed by atoms with Crippen molar-refractivity contribution in [3.63, 3.8) is 0 Å². The maximum Gasteiger partial charge on any atom is 0.184 e. The minimum Gasteiger partial charge on any atom is -0.354 e. The van der Waals surface area contributed by atoms with E-state index < -0.39 is 0 Å². The second-order valence-corrected chi connectivity index (χ2v) is 6.02. The van der Waals surface area contributed by atoms with Crippen LogP contribution in [0.4, 0.5) is 9.52 Å². The number of thiazole rings is 1. The van der Waals surface area contributed by atoms with E-state index in [1.807, 2.05) is 6.07 Å². The van der Waals surface area contributed by atoms with Crippen LogP contribution in [0.3, 0.4) is 0 Å². The van der Waals surface area contributed by atoms with E-state index in [0.717, 1.165) is 15.3 Å².